The molecule has 1 aliphatic heterocycles. The Morgan fingerprint density at radius 3 is 3.13 bits per heavy atom. The second-order valence-corrected chi connectivity index (χ2v) is 4.92. The first-order chi connectivity index (χ1) is 7.40. The molecule has 0 atom stereocenters. The molecule has 0 spiro atoms. The second-order valence-electron chi connectivity index (χ2n) is 3.79. The molecule has 0 amide bonds. The van der Waals surface area contributed by atoms with E-state index in [9.17, 15) is 0 Å². The Hall–Kier alpha value is -0.670. The highest BCUT2D eigenvalue weighted by atomic mass is 32.2. The van der Waals surface area contributed by atoms with E-state index in [1.54, 1.807) is 0 Å². The SMILES string of the molecule is OCCCCc1ccc2c(c1)NCCS2. The zero-order chi connectivity index (χ0) is 10.5. The van der Waals surface area contributed by atoms with Gasteiger partial charge in [0.2, 0.25) is 0 Å². The third-order valence-corrected chi connectivity index (χ3v) is 3.67. The molecule has 0 saturated heterocycles. The molecule has 0 radical (unpaired) electrons. The Balaban J connectivity index is 2.00. The fourth-order valence-electron chi connectivity index (χ4n) is 1.78. The van der Waals surface area contributed by atoms with E-state index in [4.69, 9.17) is 5.11 Å². The van der Waals surface area contributed by atoms with Crippen LogP contribution in [0.5, 0.6) is 0 Å². The Morgan fingerprint density at radius 2 is 2.27 bits per heavy atom. The van der Waals surface area contributed by atoms with Crippen molar-refractivity contribution in [3.05, 3.63) is 23.8 Å². The molecule has 2 rings (SSSR count). The summed E-state index contributed by atoms with van der Waals surface area (Å²) < 4.78 is 0. The van der Waals surface area contributed by atoms with Crippen molar-refractivity contribution in [1.29, 1.82) is 0 Å². The first-order valence-corrected chi connectivity index (χ1v) is 6.49. The molecule has 0 unspecified atom stereocenters. The molecule has 1 heterocycles. The van der Waals surface area contributed by atoms with Crippen molar-refractivity contribution in [3.8, 4) is 0 Å². The fraction of sp³-hybridized carbons (Fsp3) is 0.500. The first kappa shape index (κ1) is 10.8. The quantitative estimate of drug-likeness (QED) is 0.769. The number of anilines is 1. The van der Waals surface area contributed by atoms with Crippen molar-refractivity contribution in [2.45, 2.75) is 24.2 Å². The lowest BCUT2D eigenvalue weighted by molar-refractivity contribution is 0.284. The van der Waals surface area contributed by atoms with Gasteiger partial charge in [-0.2, -0.15) is 0 Å². The lowest BCUT2D eigenvalue weighted by Crippen LogP contribution is -2.10. The molecule has 82 valence electrons. The van der Waals surface area contributed by atoms with Gasteiger partial charge in [0.25, 0.3) is 0 Å². The Bertz CT molecular complexity index is 327. The minimum atomic E-state index is 0.305. The number of unbranched alkanes of at least 4 members (excludes halogenated alkanes) is 1. The number of hydrogen-bond donors (Lipinski definition) is 2. The molecule has 0 saturated carbocycles. The van der Waals surface area contributed by atoms with Crippen molar-refractivity contribution in [2.75, 3.05) is 24.2 Å². The minimum Gasteiger partial charge on any atom is -0.396 e. The van der Waals surface area contributed by atoms with Crippen molar-refractivity contribution in [3.63, 3.8) is 0 Å². The lowest BCUT2D eigenvalue weighted by atomic mass is 10.1. The van der Waals surface area contributed by atoms with E-state index in [-0.39, 0.29) is 0 Å². The van der Waals surface area contributed by atoms with Crippen LogP contribution in [-0.4, -0.2) is 24.0 Å². The number of nitrogens with one attached hydrogen (secondary N) is 1. The predicted molar refractivity (Wildman–Crippen MR) is 65.7 cm³/mol. The van der Waals surface area contributed by atoms with E-state index in [0.717, 1.165) is 31.6 Å². The molecule has 1 aromatic rings. The van der Waals surface area contributed by atoms with E-state index in [2.05, 4.69) is 23.5 Å². The topological polar surface area (TPSA) is 32.3 Å². The van der Waals surface area contributed by atoms with Crippen LogP contribution in [0.25, 0.3) is 0 Å². The number of fused-ring (bicyclic) bond motifs is 1. The van der Waals surface area contributed by atoms with Gasteiger partial charge in [0, 0.05) is 29.5 Å². The molecule has 15 heavy (non-hydrogen) atoms. The maximum Gasteiger partial charge on any atom is 0.0481 e. The average molecular weight is 223 g/mol. The lowest BCUT2D eigenvalue weighted by Gasteiger charge is -2.18. The Morgan fingerprint density at radius 1 is 1.33 bits per heavy atom. The number of thioether (sulfide) groups is 1. The van der Waals surface area contributed by atoms with Gasteiger partial charge >= 0.3 is 0 Å². The van der Waals surface area contributed by atoms with Crippen molar-refractivity contribution in [1.82, 2.24) is 0 Å². The highest BCUT2D eigenvalue weighted by molar-refractivity contribution is 7.99. The molecule has 0 aromatic heterocycles. The Labute approximate surface area is 95.1 Å². The van der Waals surface area contributed by atoms with Gasteiger partial charge in [-0.25, -0.2) is 0 Å². The van der Waals surface area contributed by atoms with Crippen molar-refractivity contribution in [2.24, 2.45) is 0 Å². The van der Waals surface area contributed by atoms with Gasteiger partial charge in [0.05, 0.1) is 0 Å². The van der Waals surface area contributed by atoms with Crippen LogP contribution < -0.4 is 5.32 Å². The number of aliphatic hydroxyl groups is 1. The standard InChI is InChI=1S/C12H17NOS/c14-7-2-1-3-10-4-5-12-11(9-10)13-6-8-15-12/h4-5,9,13-14H,1-3,6-8H2. The number of rotatable bonds is 4. The summed E-state index contributed by atoms with van der Waals surface area (Å²) in [6, 6.07) is 6.66. The molecule has 0 bridgehead atoms. The van der Waals surface area contributed by atoms with Crippen LogP contribution >= 0.6 is 11.8 Å². The summed E-state index contributed by atoms with van der Waals surface area (Å²) in [4.78, 5) is 1.37. The van der Waals surface area contributed by atoms with Crippen molar-refractivity contribution < 1.29 is 5.11 Å². The fourth-order valence-corrected chi connectivity index (χ4v) is 2.66. The molecule has 0 fully saturated rings. The van der Waals surface area contributed by atoms with Crippen LogP contribution in [0.4, 0.5) is 5.69 Å². The number of benzene rings is 1. The summed E-state index contributed by atoms with van der Waals surface area (Å²) in [5.41, 5.74) is 2.66. The summed E-state index contributed by atoms with van der Waals surface area (Å²) in [5.74, 6) is 1.16. The number of aryl methyl sites for hydroxylation is 1. The van der Waals surface area contributed by atoms with Gasteiger partial charge in [0.15, 0.2) is 0 Å². The van der Waals surface area contributed by atoms with Crippen LogP contribution in [0.3, 0.4) is 0 Å². The van der Waals surface area contributed by atoms with E-state index in [1.807, 2.05) is 11.8 Å². The van der Waals surface area contributed by atoms with Crippen LogP contribution in [0.2, 0.25) is 0 Å². The molecule has 2 nitrogen and oxygen atoms in total. The minimum absolute atomic E-state index is 0.305. The van der Waals surface area contributed by atoms with Crippen LogP contribution in [0.15, 0.2) is 23.1 Å². The third-order valence-electron chi connectivity index (χ3n) is 2.59. The molecular weight excluding hydrogens is 206 g/mol. The molecule has 0 aliphatic carbocycles. The van der Waals surface area contributed by atoms with E-state index in [1.165, 1.54) is 16.1 Å². The van der Waals surface area contributed by atoms with Gasteiger partial charge in [-0.1, -0.05) is 6.07 Å². The smallest absolute Gasteiger partial charge is 0.0481 e. The molecule has 3 heteroatoms. The largest absolute Gasteiger partial charge is 0.396 e. The maximum absolute atomic E-state index is 8.72. The highest BCUT2D eigenvalue weighted by Gasteiger charge is 2.08. The molecule has 2 N–H and O–H groups in total. The summed E-state index contributed by atoms with van der Waals surface area (Å²) in [6.07, 6.45) is 3.04. The van der Waals surface area contributed by atoms with Crippen LogP contribution in [-0.2, 0) is 6.42 Å². The van der Waals surface area contributed by atoms with Crippen LogP contribution in [0.1, 0.15) is 18.4 Å². The van der Waals surface area contributed by atoms with Gasteiger partial charge in [0.1, 0.15) is 0 Å². The normalized spacial score (nSPS) is 14.5. The summed E-state index contributed by atoms with van der Waals surface area (Å²) >= 11 is 1.92. The van der Waals surface area contributed by atoms with Crippen molar-refractivity contribution >= 4 is 17.4 Å². The van der Waals surface area contributed by atoms with E-state index in [0.29, 0.717) is 6.61 Å². The van der Waals surface area contributed by atoms with Gasteiger partial charge in [-0.05, 0) is 37.0 Å². The molecule has 1 aliphatic rings. The average Bonchev–Trinajstić information content (AvgIpc) is 2.29. The number of aliphatic hydroxyl groups excluding tert-OH is 1. The monoisotopic (exact) mass is 223 g/mol. The highest BCUT2D eigenvalue weighted by Crippen LogP contribution is 2.31. The molecular formula is C12H17NOS. The summed E-state index contributed by atoms with van der Waals surface area (Å²) in [5, 5.41) is 12.1. The zero-order valence-electron chi connectivity index (χ0n) is 8.83. The Kier molecular flexibility index (Phi) is 3.92. The third kappa shape index (κ3) is 2.89. The number of hydrogen-bond acceptors (Lipinski definition) is 3. The maximum atomic E-state index is 8.72. The van der Waals surface area contributed by atoms with Gasteiger partial charge < -0.3 is 10.4 Å². The van der Waals surface area contributed by atoms with Gasteiger partial charge in [-0.15, -0.1) is 11.8 Å². The summed E-state index contributed by atoms with van der Waals surface area (Å²) in [6.45, 7) is 1.37. The zero-order valence-corrected chi connectivity index (χ0v) is 9.65. The van der Waals surface area contributed by atoms with Crippen LogP contribution in [0, 0.1) is 0 Å². The van der Waals surface area contributed by atoms with Gasteiger partial charge in [-0.3, -0.25) is 0 Å². The predicted octanol–water partition coefficient (Wildman–Crippen LogP) is 2.52. The first-order valence-electron chi connectivity index (χ1n) is 5.50. The van der Waals surface area contributed by atoms with E-state index >= 15 is 0 Å². The summed E-state index contributed by atoms with van der Waals surface area (Å²) in [7, 11) is 0. The molecule has 1 aromatic carbocycles. The second kappa shape index (κ2) is 5.42. The van der Waals surface area contributed by atoms with E-state index < -0.39 is 0 Å².